The molecule has 1 aliphatic heterocycles. The van der Waals surface area contributed by atoms with Gasteiger partial charge in [0.05, 0.1) is 29.0 Å². The minimum atomic E-state index is -0.112. The zero-order valence-corrected chi connectivity index (χ0v) is 18.5. The summed E-state index contributed by atoms with van der Waals surface area (Å²) < 4.78 is 7.81. The van der Waals surface area contributed by atoms with Crippen LogP contribution < -0.4 is 10.1 Å². The normalized spacial score (nSPS) is 15.5. The number of aromatic nitrogens is 2. The fourth-order valence-electron chi connectivity index (χ4n) is 4.00. The Morgan fingerprint density at radius 1 is 1.00 bits per heavy atom. The number of rotatable bonds is 5. The van der Waals surface area contributed by atoms with Gasteiger partial charge in [-0.3, -0.25) is 4.79 Å². The average molecular weight is 442 g/mol. The molecule has 0 aliphatic carbocycles. The zero-order valence-electron chi connectivity index (χ0n) is 17.7. The van der Waals surface area contributed by atoms with Crippen molar-refractivity contribution in [3.63, 3.8) is 0 Å². The molecule has 1 aromatic heterocycles. The van der Waals surface area contributed by atoms with Crippen molar-refractivity contribution in [3.05, 3.63) is 96.1 Å². The largest absolute Gasteiger partial charge is 0.494 e. The van der Waals surface area contributed by atoms with Crippen LogP contribution in [0.25, 0.3) is 16.9 Å². The minimum absolute atomic E-state index is 0.0377. The van der Waals surface area contributed by atoms with E-state index < -0.39 is 0 Å². The first-order valence-corrected chi connectivity index (χ1v) is 11.7. The van der Waals surface area contributed by atoms with Crippen molar-refractivity contribution in [3.8, 4) is 22.7 Å². The number of anilines is 1. The molecule has 0 fully saturated rings. The van der Waals surface area contributed by atoms with Gasteiger partial charge in [0.2, 0.25) is 5.91 Å². The fourth-order valence-corrected chi connectivity index (χ4v) is 5.16. The maximum Gasteiger partial charge on any atom is 0.235 e. The van der Waals surface area contributed by atoms with Gasteiger partial charge < -0.3 is 10.1 Å². The van der Waals surface area contributed by atoms with E-state index in [4.69, 9.17) is 9.84 Å². The Morgan fingerprint density at radius 3 is 2.44 bits per heavy atom. The second kappa shape index (κ2) is 8.93. The van der Waals surface area contributed by atoms with Crippen LogP contribution >= 0.6 is 11.8 Å². The summed E-state index contributed by atoms with van der Waals surface area (Å²) in [5.74, 6) is 1.85. The highest BCUT2D eigenvalue weighted by molar-refractivity contribution is 8.00. The van der Waals surface area contributed by atoms with Gasteiger partial charge in [0, 0.05) is 16.7 Å². The Morgan fingerprint density at radius 2 is 1.69 bits per heavy atom. The van der Waals surface area contributed by atoms with Crippen LogP contribution in [0.15, 0.2) is 84.9 Å². The molecule has 1 atom stereocenters. The summed E-state index contributed by atoms with van der Waals surface area (Å²) in [5.41, 5.74) is 4.80. The van der Waals surface area contributed by atoms with Crippen LogP contribution in [0.3, 0.4) is 0 Å². The van der Waals surface area contributed by atoms with Gasteiger partial charge in [0.25, 0.3) is 0 Å². The third-order valence-corrected chi connectivity index (χ3v) is 6.62. The lowest BCUT2D eigenvalue weighted by Crippen LogP contribution is -2.15. The minimum Gasteiger partial charge on any atom is -0.494 e. The molecule has 4 aromatic rings. The van der Waals surface area contributed by atoms with Gasteiger partial charge >= 0.3 is 0 Å². The van der Waals surface area contributed by atoms with Gasteiger partial charge in [-0.25, -0.2) is 4.68 Å². The summed E-state index contributed by atoms with van der Waals surface area (Å²) in [5, 5.41) is 8.03. The van der Waals surface area contributed by atoms with Gasteiger partial charge in [0.1, 0.15) is 11.6 Å². The van der Waals surface area contributed by atoms with Gasteiger partial charge in [-0.05, 0) is 25.1 Å². The number of nitrogens with one attached hydrogen (secondary N) is 1. The molecule has 160 valence electrons. The molecule has 1 aliphatic rings. The van der Waals surface area contributed by atoms with E-state index in [0.717, 1.165) is 33.8 Å². The summed E-state index contributed by atoms with van der Waals surface area (Å²) in [6, 6.07) is 28.1. The number of ether oxygens (including phenoxy) is 1. The van der Waals surface area contributed by atoms with Gasteiger partial charge in [-0.2, -0.15) is 5.10 Å². The highest BCUT2D eigenvalue weighted by atomic mass is 32.2. The number of para-hydroxylation sites is 2. The second-order valence-electron chi connectivity index (χ2n) is 7.43. The third-order valence-electron chi connectivity index (χ3n) is 5.37. The van der Waals surface area contributed by atoms with E-state index in [0.29, 0.717) is 18.2 Å². The van der Waals surface area contributed by atoms with Crippen LogP contribution in [0.5, 0.6) is 5.75 Å². The fraction of sp³-hybridized carbons (Fsp3) is 0.154. The van der Waals surface area contributed by atoms with E-state index in [-0.39, 0.29) is 11.2 Å². The number of amides is 1. The lowest BCUT2D eigenvalue weighted by Gasteiger charge is -2.19. The number of nitrogens with zero attached hydrogens (tertiary/aromatic N) is 2. The summed E-state index contributed by atoms with van der Waals surface area (Å²) in [6.07, 6.45) is 0. The SMILES string of the molecule is CCOc1ccccc1C1SCC(=O)Nc2c1c(-c1ccccc1)nn2-c1ccccc1. The summed E-state index contributed by atoms with van der Waals surface area (Å²) in [6.45, 7) is 2.56. The van der Waals surface area contributed by atoms with E-state index >= 15 is 0 Å². The zero-order chi connectivity index (χ0) is 21.9. The Bertz CT molecular complexity index is 1240. The monoisotopic (exact) mass is 441 g/mol. The molecule has 0 saturated heterocycles. The second-order valence-corrected chi connectivity index (χ2v) is 8.53. The van der Waals surface area contributed by atoms with Crippen molar-refractivity contribution in [1.29, 1.82) is 0 Å². The number of hydrogen-bond donors (Lipinski definition) is 1. The maximum atomic E-state index is 12.8. The summed E-state index contributed by atoms with van der Waals surface area (Å²) in [7, 11) is 0. The van der Waals surface area contributed by atoms with Crippen LogP contribution in [-0.2, 0) is 4.79 Å². The Hall–Kier alpha value is -3.51. The molecule has 0 saturated carbocycles. The van der Waals surface area contributed by atoms with Crippen molar-refractivity contribution in [2.45, 2.75) is 12.2 Å². The molecule has 6 heteroatoms. The van der Waals surface area contributed by atoms with E-state index in [9.17, 15) is 4.79 Å². The smallest absolute Gasteiger partial charge is 0.235 e. The Balaban J connectivity index is 1.79. The molecule has 1 amide bonds. The van der Waals surface area contributed by atoms with Crippen molar-refractivity contribution in [1.82, 2.24) is 9.78 Å². The standard InChI is InChI=1S/C26H23N3O2S/c1-2-31-21-16-10-9-15-20(21)25-23-24(18-11-5-3-6-12-18)28-29(19-13-7-4-8-14-19)26(23)27-22(30)17-32-25/h3-16,25H,2,17H2,1H3,(H,27,30). The van der Waals surface area contributed by atoms with E-state index in [1.165, 1.54) is 0 Å². The van der Waals surface area contributed by atoms with Crippen LogP contribution in [0.2, 0.25) is 0 Å². The van der Waals surface area contributed by atoms with Crippen LogP contribution in [-0.4, -0.2) is 28.0 Å². The summed E-state index contributed by atoms with van der Waals surface area (Å²) in [4.78, 5) is 12.8. The van der Waals surface area contributed by atoms with Crippen molar-refractivity contribution >= 4 is 23.5 Å². The van der Waals surface area contributed by atoms with E-state index in [2.05, 4.69) is 23.5 Å². The highest BCUT2D eigenvalue weighted by Gasteiger charge is 2.33. The number of carbonyl (C=O) groups excluding carboxylic acids is 1. The Kier molecular flexibility index (Phi) is 5.69. The molecule has 0 spiro atoms. The molecular formula is C26H23N3O2S. The molecule has 0 bridgehead atoms. The van der Waals surface area contributed by atoms with Gasteiger partial charge in [0.15, 0.2) is 0 Å². The van der Waals surface area contributed by atoms with E-state index in [1.54, 1.807) is 11.8 Å². The molecule has 5 rings (SSSR count). The number of benzene rings is 3. The lowest BCUT2D eigenvalue weighted by atomic mass is 9.99. The van der Waals surface area contributed by atoms with Crippen LogP contribution in [0.1, 0.15) is 23.3 Å². The molecular weight excluding hydrogens is 418 g/mol. The maximum absolute atomic E-state index is 12.8. The first-order valence-electron chi connectivity index (χ1n) is 10.6. The quantitative estimate of drug-likeness (QED) is 0.431. The molecule has 32 heavy (non-hydrogen) atoms. The average Bonchev–Trinajstić information content (AvgIpc) is 3.11. The molecule has 1 N–H and O–H groups in total. The molecule has 2 heterocycles. The van der Waals surface area contributed by atoms with Crippen molar-refractivity contribution in [2.75, 3.05) is 17.7 Å². The van der Waals surface area contributed by atoms with Gasteiger partial charge in [-0.15, -0.1) is 11.8 Å². The van der Waals surface area contributed by atoms with Crippen LogP contribution in [0.4, 0.5) is 5.82 Å². The number of hydrogen-bond acceptors (Lipinski definition) is 4. The molecule has 5 nitrogen and oxygen atoms in total. The van der Waals surface area contributed by atoms with E-state index in [1.807, 2.05) is 78.3 Å². The third kappa shape index (κ3) is 3.78. The lowest BCUT2D eigenvalue weighted by molar-refractivity contribution is -0.113. The topological polar surface area (TPSA) is 56.1 Å². The van der Waals surface area contributed by atoms with Crippen molar-refractivity contribution < 1.29 is 9.53 Å². The number of fused-ring (bicyclic) bond motifs is 1. The Labute approximate surface area is 191 Å². The highest BCUT2D eigenvalue weighted by Crippen LogP contribution is 2.48. The van der Waals surface area contributed by atoms with Crippen molar-refractivity contribution in [2.24, 2.45) is 0 Å². The predicted octanol–water partition coefficient (Wildman–Crippen LogP) is 5.71. The first-order chi connectivity index (χ1) is 15.8. The number of carbonyl (C=O) groups is 1. The molecule has 3 aromatic carbocycles. The van der Waals surface area contributed by atoms with Crippen LogP contribution in [0, 0.1) is 0 Å². The summed E-state index contributed by atoms with van der Waals surface area (Å²) >= 11 is 1.60. The predicted molar refractivity (Wildman–Crippen MR) is 130 cm³/mol. The number of thioether (sulfide) groups is 1. The molecule has 0 radical (unpaired) electrons. The van der Waals surface area contributed by atoms with Gasteiger partial charge in [-0.1, -0.05) is 66.7 Å². The first kappa shape index (κ1) is 20.4. The molecule has 1 unspecified atom stereocenters.